The van der Waals surface area contributed by atoms with Gasteiger partial charge in [-0.25, -0.2) is 0 Å². The van der Waals surface area contributed by atoms with E-state index in [-0.39, 0.29) is 5.75 Å². The third-order valence-electron chi connectivity index (χ3n) is 16.2. The molecule has 13 rings (SSSR count). The number of phenols is 1. The summed E-state index contributed by atoms with van der Waals surface area (Å²) in [5.74, 6) is 0.924. The van der Waals surface area contributed by atoms with Gasteiger partial charge in [-0.05, 0) is 156 Å². The van der Waals surface area contributed by atoms with Crippen molar-refractivity contribution in [3.8, 4) is 50.3 Å². The quantitative estimate of drug-likeness (QED) is 0.0893. The van der Waals surface area contributed by atoms with Gasteiger partial charge >= 0.3 is 0 Å². The van der Waals surface area contributed by atoms with Crippen LogP contribution < -0.4 is 10.2 Å². The van der Waals surface area contributed by atoms with Crippen LogP contribution in [0.2, 0.25) is 0 Å². The molecule has 2 N–H and O–H groups in total. The zero-order valence-electron chi connectivity index (χ0n) is 45.2. The van der Waals surface area contributed by atoms with Crippen LogP contribution in [0, 0.1) is 0 Å². The summed E-state index contributed by atoms with van der Waals surface area (Å²) in [6, 6.07) is 79.0. The molecule has 0 aliphatic rings. The maximum absolute atomic E-state index is 12.9. The fraction of sp³-hybridized carbons (Fsp3) is 0.135. The van der Waals surface area contributed by atoms with E-state index in [0.29, 0.717) is 17.5 Å². The van der Waals surface area contributed by atoms with Gasteiger partial charge in [-0.15, -0.1) is 0 Å². The van der Waals surface area contributed by atoms with E-state index in [0.717, 1.165) is 112 Å². The fourth-order valence-electron chi connectivity index (χ4n) is 12.3. The Morgan fingerprint density at radius 3 is 1.81 bits per heavy atom. The molecule has 12 aromatic carbocycles. The Bertz CT molecular complexity index is 4420. The van der Waals surface area contributed by atoms with Crippen LogP contribution in [0.5, 0.6) is 5.75 Å². The van der Waals surface area contributed by atoms with Crippen molar-refractivity contribution in [1.29, 1.82) is 0 Å². The van der Waals surface area contributed by atoms with Gasteiger partial charge in [-0.1, -0.05) is 205 Å². The first-order chi connectivity index (χ1) is 38.2. The minimum Gasteiger partial charge on any atom is -0.505 e. The first-order valence-corrected chi connectivity index (χ1v) is 27.7. The predicted octanol–water partition coefficient (Wildman–Crippen LogP) is 21.4. The molecular weight excluding hydrogens is 949 g/mol. The van der Waals surface area contributed by atoms with E-state index in [2.05, 4.69) is 270 Å². The number of phenolic OH excluding ortho intramolecular Hbond substituents is 1. The molecule has 0 saturated heterocycles. The van der Waals surface area contributed by atoms with Crippen molar-refractivity contribution in [2.24, 2.45) is 0 Å². The molecule has 0 amide bonds. The summed E-state index contributed by atoms with van der Waals surface area (Å²) in [5.41, 5.74) is 19.8. The van der Waals surface area contributed by atoms with Gasteiger partial charge in [0.05, 0.1) is 17.1 Å². The predicted molar refractivity (Wildman–Crippen MR) is 332 cm³/mol. The highest BCUT2D eigenvalue weighted by Crippen LogP contribution is 2.52. The minimum absolute atomic E-state index is 0.206. The number of benzene rings is 12. The largest absolute Gasteiger partial charge is 0.505 e. The number of para-hydroxylation sites is 2. The van der Waals surface area contributed by atoms with Crippen LogP contribution in [-0.2, 0) is 12.8 Å². The molecule has 0 radical (unpaired) electrons. The van der Waals surface area contributed by atoms with Crippen molar-refractivity contribution in [3.63, 3.8) is 0 Å². The number of rotatable bonds is 13. The van der Waals surface area contributed by atoms with Crippen molar-refractivity contribution in [2.75, 3.05) is 10.2 Å². The Labute approximate surface area is 457 Å². The number of hydrogen-bond donors (Lipinski definition) is 2. The maximum atomic E-state index is 12.9. The Balaban J connectivity index is 1.02. The van der Waals surface area contributed by atoms with E-state index in [1.165, 1.54) is 44.2 Å². The van der Waals surface area contributed by atoms with E-state index < -0.39 is 0 Å². The van der Waals surface area contributed by atoms with E-state index in [1.807, 2.05) is 0 Å². The number of fused-ring (bicyclic) bond motifs is 3. The normalized spacial score (nSPS) is 11.8. The van der Waals surface area contributed by atoms with Crippen molar-refractivity contribution in [3.05, 3.63) is 241 Å². The van der Waals surface area contributed by atoms with Gasteiger partial charge in [0.15, 0.2) is 5.58 Å². The average molecular weight is 1010 g/mol. The molecule has 0 atom stereocenters. The Hall–Kier alpha value is -9.12. The summed E-state index contributed by atoms with van der Waals surface area (Å²) >= 11 is 0. The molecule has 4 heteroatoms. The Morgan fingerprint density at radius 1 is 0.423 bits per heavy atom. The summed E-state index contributed by atoms with van der Waals surface area (Å²) in [6.07, 6.45) is 1.81. The second-order valence-corrected chi connectivity index (χ2v) is 21.5. The molecule has 0 aliphatic heterocycles. The highest BCUT2D eigenvalue weighted by Gasteiger charge is 2.26. The van der Waals surface area contributed by atoms with Crippen LogP contribution in [-0.4, -0.2) is 5.11 Å². The zero-order chi connectivity index (χ0) is 53.2. The minimum atomic E-state index is 0.206. The van der Waals surface area contributed by atoms with E-state index >= 15 is 0 Å². The van der Waals surface area contributed by atoms with Crippen LogP contribution in [0.25, 0.3) is 98.8 Å². The Morgan fingerprint density at radius 2 is 1.03 bits per heavy atom. The third-order valence-corrected chi connectivity index (χ3v) is 16.2. The summed E-state index contributed by atoms with van der Waals surface area (Å²) in [4.78, 5) is 2.41. The zero-order valence-corrected chi connectivity index (χ0v) is 45.2. The molecule has 1 heterocycles. The van der Waals surface area contributed by atoms with E-state index in [4.69, 9.17) is 4.42 Å². The van der Waals surface area contributed by atoms with Crippen LogP contribution in [0.1, 0.15) is 75.6 Å². The lowest BCUT2D eigenvalue weighted by Crippen LogP contribution is -2.11. The first-order valence-electron chi connectivity index (χ1n) is 27.7. The molecule has 0 aliphatic carbocycles. The molecular formula is C74H62N2O2. The highest BCUT2D eigenvalue weighted by molar-refractivity contribution is 6.29. The van der Waals surface area contributed by atoms with Crippen LogP contribution in [0.3, 0.4) is 0 Å². The monoisotopic (exact) mass is 1010 g/mol. The van der Waals surface area contributed by atoms with E-state index in [9.17, 15) is 5.11 Å². The second kappa shape index (κ2) is 19.8. The van der Waals surface area contributed by atoms with Gasteiger partial charge in [-0.3, -0.25) is 0 Å². The SMILES string of the molecule is CCc1cccc(Nc2c(-c3cc4ccc(N(c5cccc(CC)c5)c5cccc6c5oc5c(-c7ccccc7C(C)C)cccc56)c5ccc6cccc3c6c45)ccc(-c3cccc(-c4ccccc4C(C)C)c3)c2O)c1. The number of furan rings is 1. The summed E-state index contributed by atoms with van der Waals surface area (Å²) in [7, 11) is 0. The van der Waals surface area contributed by atoms with Crippen molar-refractivity contribution in [2.45, 2.75) is 66.2 Å². The van der Waals surface area contributed by atoms with Gasteiger partial charge in [0, 0.05) is 44.2 Å². The lowest BCUT2D eigenvalue weighted by atomic mass is 9.86. The lowest BCUT2D eigenvalue weighted by Gasteiger charge is -2.28. The first kappa shape index (κ1) is 48.5. The van der Waals surface area contributed by atoms with Crippen LogP contribution >= 0.6 is 0 Å². The highest BCUT2D eigenvalue weighted by atomic mass is 16.3. The lowest BCUT2D eigenvalue weighted by molar-refractivity contribution is 0.480. The van der Waals surface area contributed by atoms with Gasteiger partial charge in [0.25, 0.3) is 0 Å². The van der Waals surface area contributed by atoms with Crippen LogP contribution in [0.15, 0.2) is 223 Å². The topological polar surface area (TPSA) is 48.6 Å². The number of nitrogens with zero attached hydrogens (tertiary/aromatic N) is 1. The van der Waals surface area contributed by atoms with Gasteiger partial charge in [-0.2, -0.15) is 0 Å². The average Bonchev–Trinajstić information content (AvgIpc) is 3.94. The molecule has 0 saturated carbocycles. The maximum Gasteiger partial charge on any atom is 0.159 e. The fourth-order valence-corrected chi connectivity index (χ4v) is 12.3. The summed E-state index contributed by atoms with van der Waals surface area (Å²) in [6.45, 7) is 13.4. The molecule has 1 aromatic heterocycles. The molecule has 0 bridgehead atoms. The number of aromatic hydroxyl groups is 1. The number of nitrogens with one attached hydrogen (secondary N) is 1. The molecule has 4 nitrogen and oxygen atoms in total. The van der Waals surface area contributed by atoms with E-state index in [1.54, 1.807) is 0 Å². The van der Waals surface area contributed by atoms with Crippen LogP contribution in [0.4, 0.5) is 28.4 Å². The molecule has 0 fully saturated rings. The second-order valence-electron chi connectivity index (χ2n) is 21.5. The number of hydrogen-bond acceptors (Lipinski definition) is 4. The van der Waals surface area contributed by atoms with Gasteiger partial charge in [0.1, 0.15) is 11.3 Å². The summed E-state index contributed by atoms with van der Waals surface area (Å²) < 4.78 is 7.26. The third kappa shape index (κ3) is 8.22. The number of aryl methyl sites for hydroxylation is 2. The Kier molecular flexibility index (Phi) is 12.3. The molecule has 13 aromatic rings. The van der Waals surface area contributed by atoms with Gasteiger partial charge in [0.2, 0.25) is 0 Å². The molecule has 0 spiro atoms. The smallest absolute Gasteiger partial charge is 0.159 e. The molecule has 380 valence electrons. The van der Waals surface area contributed by atoms with Crippen molar-refractivity contribution >= 4 is 82.7 Å². The standard InChI is InChI=1S/C74H62N2O2/c1-7-47-19-13-24-53(41-47)75-71-61(39-38-58(72(71)77)51-23-15-22-50(43-51)57-28-11-9-26-55(57)45(3)4)66-44-52-36-40-67(65-37-35-49-21-16-30-60(66)69(49)70(52)65)76(54-25-14-20-48(8-2)42-54)68-34-18-33-64-63-32-17-31-62(73(63)78-74(64)68)59-29-12-10-27-56(59)46(5)6/h9-46,75,77H,7-8H2,1-6H3. The molecule has 78 heavy (non-hydrogen) atoms. The van der Waals surface area contributed by atoms with Crippen molar-refractivity contribution < 1.29 is 9.52 Å². The van der Waals surface area contributed by atoms with Gasteiger partial charge < -0.3 is 19.7 Å². The van der Waals surface area contributed by atoms with Crippen molar-refractivity contribution in [1.82, 2.24) is 0 Å². The molecule has 0 unspecified atom stereocenters. The summed E-state index contributed by atoms with van der Waals surface area (Å²) in [5, 5.41) is 25.7. The number of anilines is 5.